The van der Waals surface area contributed by atoms with Gasteiger partial charge in [-0.2, -0.15) is 0 Å². The second-order valence-corrected chi connectivity index (χ2v) is 5.97. The van der Waals surface area contributed by atoms with Crippen LogP contribution in [0.25, 0.3) is 11.2 Å². The molecule has 0 aliphatic heterocycles. The summed E-state index contributed by atoms with van der Waals surface area (Å²) >= 11 is 0. The van der Waals surface area contributed by atoms with Gasteiger partial charge in [-0.3, -0.25) is 13.9 Å². The van der Waals surface area contributed by atoms with Gasteiger partial charge >= 0.3 is 5.69 Å². The number of aromatic nitrogens is 4. The van der Waals surface area contributed by atoms with Crippen molar-refractivity contribution < 1.29 is 0 Å². The fourth-order valence-corrected chi connectivity index (χ4v) is 2.81. The molecule has 1 fully saturated rings. The number of hydrogen-bond acceptors (Lipinski definition) is 4. The van der Waals surface area contributed by atoms with Crippen molar-refractivity contribution in [3.8, 4) is 0 Å². The minimum atomic E-state index is -0.317. The van der Waals surface area contributed by atoms with Gasteiger partial charge in [0, 0.05) is 32.1 Å². The second-order valence-electron chi connectivity index (χ2n) is 5.97. The minimum absolute atomic E-state index is 0.0555. The van der Waals surface area contributed by atoms with E-state index in [0.717, 1.165) is 23.2 Å². The molecule has 7 nitrogen and oxygen atoms in total. The van der Waals surface area contributed by atoms with Crippen LogP contribution in [0.15, 0.2) is 9.59 Å². The lowest BCUT2D eigenvalue weighted by Crippen LogP contribution is -2.39. The van der Waals surface area contributed by atoms with Crippen LogP contribution >= 0.6 is 0 Å². The summed E-state index contributed by atoms with van der Waals surface area (Å²) in [4.78, 5) is 29.5. The Kier molecular flexibility index (Phi) is 3.24. The Morgan fingerprint density at radius 3 is 2.52 bits per heavy atom. The van der Waals surface area contributed by atoms with Gasteiger partial charge in [0.1, 0.15) is 5.82 Å². The van der Waals surface area contributed by atoms with E-state index in [-0.39, 0.29) is 17.3 Å². The minimum Gasteiger partial charge on any atom is -0.329 e. The molecule has 3 rings (SSSR count). The normalized spacial score (nSPS) is 15.3. The third kappa shape index (κ3) is 2.03. The van der Waals surface area contributed by atoms with E-state index in [2.05, 4.69) is 4.98 Å². The Bertz CT molecular complexity index is 807. The summed E-state index contributed by atoms with van der Waals surface area (Å²) < 4.78 is 4.66. The first-order chi connectivity index (χ1) is 9.97. The van der Waals surface area contributed by atoms with Gasteiger partial charge in [0.15, 0.2) is 11.2 Å². The lowest BCUT2D eigenvalue weighted by Gasteiger charge is -2.12. The number of fused-ring (bicyclic) bond motifs is 1. The first-order valence-corrected chi connectivity index (χ1v) is 7.39. The summed E-state index contributed by atoms with van der Waals surface area (Å²) in [5, 5.41) is 0. The maximum atomic E-state index is 12.5. The molecule has 114 valence electrons. The monoisotopic (exact) mass is 291 g/mol. The van der Waals surface area contributed by atoms with Crippen LogP contribution in [0.3, 0.4) is 0 Å². The molecule has 1 aliphatic carbocycles. The standard InChI is InChI=1S/C14H21N5O2/c1-8(2)19-12-10(13(20)17(3)14(19)21)18(7-6-15)11(16-12)9-4-5-9/h8-9H,4-7,15H2,1-3H3. The molecule has 0 radical (unpaired) electrons. The Morgan fingerprint density at radius 2 is 2.00 bits per heavy atom. The van der Waals surface area contributed by atoms with Gasteiger partial charge in [-0.1, -0.05) is 0 Å². The fourth-order valence-electron chi connectivity index (χ4n) is 2.81. The molecule has 7 heteroatoms. The molecular formula is C14H21N5O2. The van der Waals surface area contributed by atoms with Gasteiger partial charge in [0.05, 0.1) is 0 Å². The van der Waals surface area contributed by atoms with Crippen LogP contribution in [0.5, 0.6) is 0 Å². The van der Waals surface area contributed by atoms with Gasteiger partial charge in [-0.25, -0.2) is 9.78 Å². The number of nitrogens with zero attached hydrogens (tertiary/aromatic N) is 4. The Labute approximate surface area is 122 Å². The van der Waals surface area contributed by atoms with Gasteiger partial charge in [0.2, 0.25) is 0 Å². The molecule has 0 aromatic carbocycles. The first-order valence-electron chi connectivity index (χ1n) is 7.39. The summed E-state index contributed by atoms with van der Waals surface area (Å²) in [6, 6.07) is -0.0555. The summed E-state index contributed by atoms with van der Waals surface area (Å²) in [7, 11) is 1.51. The molecule has 0 atom stereocenters. The highest BCUT2D eigenvalue weighted by molar-refractivity contribution is 5.71. The van der Waals surface area contributed by atoms with Crippen LogP contribution in [0, 0.1) is 0 Å². The molecule has 0 amide bonds. The average Bonchev–Trinajstić information content (AvgIpc) is 3.20. The Balaban J connectivity index is 2.46. The molecule has 2 aromatic heterocycles. The van der Waals surface area contributed by atoms with E-state index in [1.807, 2.05) is 18.4 Å². The van der Waals surface area contributed by atoms with Gasteiger partial charge in [-0.05, 0) is 26.7 Å². The highest BCUT2D eigenvalue weighted by atomic mass is 16.2. The van der Waals surface area contributed by atoms with Crippen LogP contribution < -0.4 is 17.0 Å². The largest absolute Gasteiger partial charge is 0.332 e. The number of hydrogen-bond donors (Lipinski definition) is 1. The molecule has 0 saturated heterocycles. The van der Waals surface area contributed by atoms with Crippen LogP contribution in [0.4, 0.5) is 0 Å². The van der Waals surface area contributed by atoms with E-state index >= 15 is 0 Å². The second kappa shape index (κ2) is 4.84. The molecule has 2 N–H and O–H groups in total. The van der Waals surface area contributed by atoms with E-state index in [9.17, 15) is 9.59 Å². The fraction of sp³-hybridized carbons (Fsp3) is 0.643. The lowest BCUT2D eigenvalue weighted by atomic mass is 10.3. The van der Waals surface area contributed by atoms with Crippen molar-refractivity contribution in [2.45, 2.75) is 45.2 Å². The predicted molar refractivity (Wildman–Crippen MR) is 80.6 cm³/mol. The summed E-state index contributed by atoms with van der Waals surface area (Å²) in [5.74, 6) is 1.29. The highest BCUT2D eigenvalue weighted by Gasteiger charge is 2.31. The van der Waals surface area contributed by atoms with Crippen molar-refractivity contribution in [2.75, 3.05) is 6.54 Å². The zero-order valence-electron chi connectivity index (χ0n) is 12.7. The van der Waals surface area contributed by atoms with Crippen molar-refractivity contribution in [2.24, 2.45) is 12.8 Å². The van der Waals surface area contributed by atoms with E-state index in [1.54, 1.807) is 4.57 Å². The van der Waals surface area contributed by atoms with E-state index in [1.165, 1.54) is 7.05 Å². The quantitative estimate of drug-likeness (QED) is 0.878. The maximum absolute atomic E-state index is 12.5. The molecule has 21 heavy (non-hydrogen) atoms. The number of nitrogens with two attached hydrogens (primary N) is 1. The van der Waals surface area contributed by atoms with Crippen LogP contribution in [0.2, 0.25) is 0 Å². The highest BCUT2D eigenvalue weighted by Crippen LogP contribution is 2.40. The third-order valence-electron chi connectivity index (χ3n) is 4.02. The summed E-state index contributed by atoms with van der Waals surface area (Å²) in [6.07, 6.45) is 2.17. The zero-order valence-corrected chi connectivity index (χ0v) is 12.7. The predicted octanol–water partition coefficient (Wildman–Crippen LogP) is 0.314. The smallest absolute Gasteiger partial charge is 0.329 e. The van der Waals surface area contributed by atoms with Gasteiger partial charge < -0.3 is 10.3 Å². The van der Waals surface area contributed by atoms with Crippen molar-refractivity contribution in [1.29, 1.82) is 0 Å². The lowest BCUT2D eigenvalue weighted by molar-refractivity contribution is 0.551. The van der Waals surface area contributed by atoms with E-state index in [0.29, 0.717) is 30.2 Å². The summed E-state index contributed by atoms with van der Waals surface area (Å²) in [5.41, 5.74) is 6.07. The Morgan fingerprint density at radius 1 is 1.33 bits per heavy atom. The molecule has 0 unspecified atom stereocenters. The molecule has 0 spiro atoms. The summed E-state index contributed by atoms with van der Waals surface area (Å²) in [6.45, 7) is 4.83. The van der Waals surface area contributed by atoms with Crippen molar-refractivity contribution in [3.05, 3.63) is 26.7 Å². The molecule has 1 aliphatic rings. The SMILES string of the molecule is CC(C)n1c(=O)n(C)c(=O)c2c1nc(C1CC1)n2CCN. The maximum Gasteiger partial charge on any atom is 0.332 e. The van der Waals surface area contributed by atoms with Gasteiger partial charge in [0.25, 0.3) is 5.56 Å². The van der Waals surface area contributed by atoms with Crippen LogP contribution in [-0.4, -0.2) is 25.2 Å². The molecule has 2 heterocycles. The van der Waals surface area contributed by atoms with Crippen LogP contribution in [0.1, 0.15) is 44.5 Å². The Hall–Kier alpha value is -1.89. The average molecular weight is 291 g/mol. The number of imidazole rings is 1. The van der Waals surface area contributed by atoms with Crippen molar-refractivity contribution in [3.63, 3.8) is 0 Å². The molecular weight excluding hydrogens is 270 g/mol. The molecule has 1 saturated carbocycles. The van der Waals surface area contributed by atoms with E-state index < -0.39 is 0 Å². The van der Waals surface area contributed by atoms with E-state index in [4.69, 9.17) is 5.73 Å². The third-order valence-corrected chi connectivity index (χ3v) is 4.02. The first kappa shape index (κ1) is 14.1. The van der Waals surface area contributed by atoms with Gasteiger partial charge in [-0.15, -0.1) is 0 Å². The van der Waals surface area contributed by atoms with Crippen molar-refractivity contribution in [1.82, 2.24) is 18.7 Å². The topological polar surface area (TPSA) is 87.8 Å². The molecule has 0 bridgehead atoms. The van der Waals surface area contributed by atoms with Crippen molar-refractivity contribution >= 4 is 11.2 Å². The zero-order chi connectivity index (χ0) is 15.3. The number of rotatable bonds is 4. The van der Waals surface area contributed by atoms with Crippen LogP contribution in [-0.2, 0) is 13.6 Å². The molecule has 2 aromatic rings.